The van der Waals surface area contributed by atoms with Gasteiger partial charge in [0.05, 0.1) is 0 Å². The first-order chi connectivity index (χ1) is 8.58. The first kappa shape index (κ1) is 10.9. The molecule has 2 heteroatoms. The molecule has 18 heavy (non-hydrogen) atoms. The summed E-state index contributed by atoms with van der Waals surface area (Å²) < 4.78 is 0. The van der Waals surface area contributed by atoms with Crippen molar-refractivity contribution >= 4 is 21.5 Å². The standard InChI is InChI=1S/C16H14O2/c1-9-13-5-3-12(18)8-16(13)10(2)14-6-4-11(17)7-15(9)14/h3-8,17-18H,1-2H3. The van der Waals surface area contributed by atoms with E-state index in [1.165, 1.54) is 0 Å². The van der Waals surface area contributed by atoms with Gasteiger partial charge in [-0.25, -0.2) is 0 Å². The van der Waals surface area contributed by atoms with Gasteiger partial charge in [0.15, 0.2) is 0 Å². The molecule has 0 unspecified atom stereocenters. The van der Waals surface area contributed by atoms with Crippen LogP contribution in [0.25, 0.3) is 21.5 Å². The summed E-state index contributed by atoms with van der Waals surface area (Å²) in [6.45, 7) is 4.08. The largest absolute Gasteiger partial charge is 0.508 e. The van der Waals surface area contributed by atoms with E-state index in [1.807, 2.05) is 26.0 Å². The molecule has 0 aliphatic carbocycles. The van der Waals surface area contributed by atoms with E-state index in [-0.39, 0.29) is 11.5 Å². The molecule has 90 valence electrons. The Labute approximate surface area is 105 Å². The van der Waals surface area contributed by atoms with Gasteiger partial charge in [0.2, 0.25) is 0 Å². The van der Waals surface area contributed by atoms with Crippen molar-refractivity contribution in [1.82, 2.24) is 0 Å². The molecule has 3 aromatic carbocycles. The Hall–Kier alpha value is -2.22. The Morgan fingerprint density at radius 2 is 1.00 bits per heavy atom. The number of rotatable bonds is 0. The number of hydrogen-bond acceptors (Lipinski definition) is 2. The SMILES string of the molecule is Cc1c2ccc(O)cc2c(C)c2ccc(O)cc12. The summed E-state index contributed by atoms with van der Waals surface area (Å²) in [4.78, 5) is 0. The van der Waals surface area contributed by atoms with Gasteiger partial charge in [0.1, 0.15) is 11.5 Å². The lowest BCUT2D eigenvalue weighted by atomic mass is 9.93. The van der Waals surface area contributed by atoms with Crippen LogP contribution in [-0.2, 0) is 0 Å². The number of phenolic OH excluding ortho intramolecular Hbond substituents is 2. The van der Waals surface area contributed by atoms with Gasteiger partial charge in [-0.2, -0.15) is 0 Å². The first-order valence-corrected chi connectivity index (χ1v) is 5.92. The molecule has 0 amide bonds. The van der Waals surface area contributed by atoms with Gasteiger partial charge >= 0.3 is 0 Å². The molecule has 0 aliphatic heterocycles. The van der Waals surface area contributed by atoms with Crippen molar-refractivity contribution < 1.29 is 10.2 Å². The maximum Gasteiger partial charge on any atom is 0.116 e. The molecule has 0 aromatic heterocycles. The van der Waals surface area contributed by atoms with Crippen molar-refractivity contribution in [2.24, 2.45) is 0 Å². The lowest BCUT2D eigenvalue weighted by Gasteiger charge is -2.12. The summed E-state index contributed by atoms with van der Waals surface area (Å²) in [6, 6.07) is 10.8. The Bertz CT molecular complexity index is 705. The topological polar surface area (TPSA) is 40.5 Å². The van der Waals surface area contributed by atoms with Gasteiger partial charge in [-0.1, -0.05) is 12.1 Å². The maximum atomic E-state index is 9.62. The second kappa shape index (κ2) is 3.64. The average molecular weight is 238 g/mol. The van der Waals surface area contributed by atoms with Gasteiger partial charge in [-0.3, -0.25) is 0 Å². The van der Waals surface area contributed by atoms with Crippen molar-refractivity contribution in [2.75, 3.05) is 0 Å². The zero-order valence-electron chi connectivity index (χ0n) is 10.4. The molecule has 0 fully saturated rings. The van der Waals surface area contributed by atoms with Crippen molar-refractivity contribution in [2.45, 2.75) is 13.8 Å². The van der Waals surface area contributed by atoms with Crippen molar-refractivity contribution in [3.63, 3.8) is 0 Å². The van der Waals surface area contributed by atoms with E-state index in [2.05, 4.69) is 0 Å². The summed E-state index contributed by atoms with van der Waals surface area (Å²) >= 11 is 0. The highest BCUT2D eigenvalue weighted by Crippen LogP contribution is 2.35. The second-order valence-corrected chi connectivity index (χ2v) is 4.71. The summed E-state index contributed by atoms with van der Waals surface area (Å²) in [5.74, 6) is 0.561. The minimum absolute atomic E-state index is 0.281. The highest BCUT2D eigenvalue weighted by molar-refractivity contribution is 6.06. The monoisotopic (exact) mass is 238 g/mol. The molecule has 3 aromatic rings. The van der Waals surface area contributed by atoms with E-state index < -0.39 is 0 Å². The molecule has 0 bridgehead atoms. The summed E-state index contributed by atoms with van der Waals surface area (Å²) in [5.41, 5.74) is 2.25. The van der Waals surface area contributed by atoms with Crippen LogP contribution >= 0.6 is 0 Å². The van der Waals surface area contributed by atoms with E-state index in [0.29, 0.717) is 0 Å². The fourth-order valence-electron chi connectivity index (χ4n) is 2.63. The molecular weight excluding hydrogens is 224 g/mol. The molecule has 0 atom stereocenters. The van der Waals surface area contributed by atoms with E-state index >= 15 is 0 Å². The smallest absolute Gasteiger partial charge is 0.116 e. The van der Waals surface area contributed by atoms with Crippen molar-refractivity contribution in [3.8, 4) is 11.5 Å². The van der Waals surface area contributed by atoms with E-state index in [4.69, 9.17) is 0 Å². The lowest BCUT2D eigenvalue weighted by molar-refractivity contribution is 0.475. The molecule has 2 N–H and O–H groups in total. The molecule has 0 spiro atoms. The zero-order valence-corrected chi connectivity index (χ0v) is 10.4. The van der Waals surface area contributed by atoms with Crippen LogP contribution in [-0.4, -0.2) is 10.2 Å². The van der Waals surface area contributed by atoms with Crippen LogP contribution in [0.4, 0.5) is 0 Å². The third-order valence-corrected chi connectivity index (χ3v) is 3.62. The lowest BCUT2D eigenvalue weighted by Crippen LogP contribution is -1.88. The summed E-state index contributed by atoms with van der Waals surface area (Å²) in [5, 5.41) is 23.6. The number of fused-ring (bicyclic) bond motifs is 2. The molecule has 0 aliphatic rings. The van der Waals surface area contributed by atoms with Crippen molar-refractivity contribution in [3.05, 3.63) is 47.5 Å². The van der Waals surface area contributed by atoms with Crippen LogP contribution in [0.5, 0.6) is 11.5 Å². The number of benzene rings is 3. The van der Waals surface area contributed by atoms with Gasteiger partial charge < -0.3 is 10.2 Å². The fourth-order valence-corrected chi connectivity index (χ4v) is 2.63. The predicted octanol–water partition coefficient (Wildman–Crippen LogP) is 4.02. The van der Waals surface area contributed by atoms with Crippen LogP contribution in [0, 0.1) is 13.8 Å². The van der Waals surface area contributed by atoms with E-state index in [1.54, 1.807) is 24.3 Å². The third kappa shape index (κ3) is 1.42. The van der Waals surface area contributed by atoms with Crippen LogP contribution in [0.3, 0.4) is 0 Å². The minimum Gasteiger partial charge on any atom is -0.508 e. The molecule has 3 rings (SSSR count). The van der Waals surface area contributed by atoms with Crippen LogP contribution < -0.4 is 0 Å². The molecule has 0 saturated heterocycles. The van der Waals surface area contributed by atoms with E-state index in [0.717, 1.165) is 32.7 Å². The summed E-state index contributed by atoms with van der Waals surface area (Å²) in [6.07, 6.45) is 0. The normalized spacial score (nSPS) is 11.2. The molecule has 0 heterocycles. The number of phenols is 2. The maximum absolute atomic E-state index is 9.62. The third-order valence-electron chi connectivity index (χ3n) is 3.62. The quantitative estimate of drug-likeness (QED) is 0.581. The van der Waals surface area contributed by atoms with Crippen LogP contribution in [0.15, 0.2) is 36.4 Å². The van der Waals surface area contributed by atoms with Gasteiger partial charge in [-0.15, -0.1) is 0 Å². The number of aromatic hydroxyl groups is 2. The molecule has 0 saturated carbocycles. The molecular formula is C16H14O2. The van der Waals surface area contributed by atoms with E-state index in [9.17, 15) is 10.2 Å². The highest BCUT2D eigenvalue weighted by Gasteiger charge is 2.09. The number of aryl methyl sites for hydroxylation is 2. The van der Waals surface area contributed by atoms with Crippen LogP contribution in [0.2, 0.25) is 0 Å². The second-order valence-electron chi connectivity index (χ2n) is 4.71. The zero-order chi connectivity index (χ0) is 12.9. The first-order valence-electron chi connectivity index (χ1n) is 5.92. The van der Waals surface area contributed by atoms with Gasteiger partial charge in [-0.05, 0) is 70.8 Å². The minimum atomic E-state index is 0.281. The predicted molar refractivity (Wildman–Crippen MR) is 74.3 cm³/mol. The van der Waals surface area contributed by atoms with Crippen LogP contribution in [0.1, 0.15) is 11.1 Å². The molecule has 2 nitrogen and oxygen atoms in total. The van der Waals surface area contributed by atoms with Gasteiger partial charge in [0, 0.05) is 0 Å². The Balaban J connectivity index is 2.60. The Morgan fingerprint density at radius 1 is 0.611 bits per heavy atom. The fraction of sp³-hybridized carbons (Fsp3) is 0.125. The Morgan fingerprint density at radius 3 is 1.39 bits per heavy atom. The average Bonchev–Trinajstić information content (AvgIpc) is 2.36. The van der Waals surface area contributed by atoms with Crippen molar-refractivity contribution in [1.29, 1.82) is 0 Å². The highest BCUT2D eigenvalue weighted by atomic mass is 16.3. The Kier molecular flexibility index (Phi) is 2.20. The molecule has 0 radical (unpaired) electrons. The number of hydrogen-bond donors (Lipinski definition) is 2. The summed E-state index contributed by atoms with van der Waals surface area (Å²) in [7, 11) is 0. The van der Waals surface area contributed by atoms with Gasteiger partial charge in [0.25, 0.3) is 0 Å².